The highest BCUT2D eigenvalue weighted by molar-refractivity contribution is 7.14. The topological polar surface area (TPSA) is 69.0 Å². The van der Waals surface area contributed by atoms with E-state index in [4.69, 9.17) is 5.26 Å². The number of rotatable bonds is 5. The molecule has 0 aliphatic carbocycles. The Balaban J connectivity index is 1.57. The lowest BCUT2D eigenvalue weighted by Gasteiger charge is -2.30. The van der Waals surface area contributed by atoms with Gasteiger partial charge in [0.15, 0.2) is 5.13 Å². The number of anilines is 1. The minimum absolute atomic E-state index is 0.0299. The molecule has 6 heteroatoms. The second kappa shape index (κ2) is 8.43. The molecule has 1 N–H and O–H groups in total. The molecule has 1 saturated heterocycles. The van der Waals surface area contributed by atoms with Crippen molar-refractivity contribution in [2.24, 2.45) is 5.92 Å². The first-order valence-electron chi connectivity index (χ1n) is 9.00. The lowest BCUT2D eigenvalue weighted by Crippen LogP contribution is -2.38. The van der Waals surface area contributed by atoms with Gasteiger partial charge in [0.2, 0.25) is 5.91 Å². The Bertz CT molecular complexity index is 815. The zero-order valence-electron chi connectivity index (χ0n) is 15.3. The van der Waals surface area contributed by atoms with Gasteiger partial charge in [-0.1, -0.05) is 12.1 Å². The van der Waals surface area contributed by atoms with Crippen LogP contribution in [0.1, 0.15) is 30.4 Å². The number of nitrogens with zero attached hydrogens (tertiary/aromatic N) is 3. The summed E-state index contributed by atoms with van der Waals surface area (Å²) in [4.78, 5) is 19.4. The van der Waals surface area contributed by atoms with Crippen molar-refractivity contribution in [3.8, 4) is 17.3 Å². The molecular formula is C20H24N4OS. The molecule has 3 rings (SSSR count). The predicted molar refractivity (Wildman–Crippen MR) is 105 cm³/mol. The summed E-state index contributed by atoms with van der Waals surface area (Å²) in [6.07, 6.45) is 2.23. The molecule has 1 aromatic heterocycles. The lowest BCUT2D eigenvalue weighted by atomic mass is 9.96. The molecule has 2 heterocycles. The highest BCUT2D eigenvalue weighted by Gasteiger charge is 2.25. The van der Waals surface area contributed by atoms with E-state index in [9.17, 15) is 4.79 Å². The van der Waals surface area contributed by atoms with Crippen molar-refractivity contribution in [1.29, 1.82) is 5.26 Å². The van der Waals surface area contributed by atoms with Crippen LogP contribution >= 0.6 is 11.3 Å². The standard InChI is InChI=1S/C20H24N4OS/c1-14-4-5-17(12-15(14)2)18-13-26-20(22-18)23-19(25)16-6-10-24(11-7-16)9-3-8-21/h4-5,12-13,16H,3,6-7,9-11H2,1-2H3,(H,22,23,25). The van der Waals surface area contributed by atoms with Crippen LogP contribution in [0.3, 0.4) is 0 Å². The first kappa shape index (κ1) is 18.6. The highest BCUT2D eigenvalue weighted by Crippen LogP contribution is 2.27. The highest BCUT2D eigenvalue weighted by atomic mass is 32.1. The summed E-state index contributed by atoms with van der Waals surface area (Å²) in [5, 5.41) is 14.3. The van der Waals surface area contributed by atoms with Gasteiger partial charge in [0.05, 0.1) is 11.8 Å². The Labute approximate surface area is 158 Å². The van der Waals surface area contributed by atoms with E-state index in [0.29, 0.717) is 11.6 Å². The lowest BCUT2D eigenvalue weighted by molar-refractivity contribution is -0.121. The van der Waals surface area contributed by atoms with E-state index in [1.54, 1.807) is 0 Å². The zero-order valence-corrected chi connectivity index (χ0v) is 16.1. The Kier molecular flexibility index (Phi) is 6.02. The first-order valence-corrected chi connectivity index (χ1v) is 9.88. The van der Waals surface area contributed by atoms with Gasteiger partial charge in [0, 0.05) is 29.8 Å². The number of nitriles is 1. The fourth-order valence-corrected chi connectivity index (χ4v) is 3.92. The predicted octanol–water partition coefficient (Wildman–Crippen LogP) is 3.99. The van der Waals surface area contributed by atoms with Crippen LogP contribution in [0, 0.1) is 31.1 Å². The molecule has 136 valence electrons. The number of aromatic nitrogens is 1. The molecule has 0 unspecified atom stereocenters. The zero-order chi connectivity index (χ0) is 18.5. The molecule has 1 fully saturated rings. The molecule has 0 radical (unpaired) electrons. The molecule has 1 amide bonds. The van der Waals surface area contributed by atoms with Crippen LogP contribution in [0.15, 0.2) is 23.6 Å². The SMILES string of the molecule is Cc1ccc(-c2csc(NC(=O)C3CCN(CCC#N)CC3)n2)cc1C. The molecule has 0 spiro atoms. The number of piperidine rings is 1. The van der Waals surface area contributed by atoms with E-state index in [1.165, 1.54) is 22.5 Å². The third kappa shape index (κ3) is 4.48. The minimum Gasteiger partial charge on any atom is -0.302 e. The van der Waals surface area contributed by atoms with Gasteiger partial charge in [-0.3, -0.25) is 4.79 Å². The average Bonchev–Trinajstić information content (AvgIpc) is 3.11. The Morgan fingerprint density at radius 1 is 1.35 bits per heavy atom. The number of carbonyl (C=O) groups excluding carboxylic acids is 1. The summed E-state index contributed by atoms with van der Waals surface area (Å²) in [5.41, 5.74) is 4.48. The summed E-state index contributed by atoms with van der Waals surface area (Å²) < 4.78 is 0. The normalized spacial score (nSPS) is 15.6. The van der Waals surface area contributed by atoms with Gasteiger partial charge < -0.3 is 10.2 Å². The van der Waals surface area contributed by atoms with Gasteiger partial charge in [-0.2, -0.15) is 5.26 Å². The summed E-state index contributed by atoms with van der Waals surface area (Å²) in [6.45, 7) is 6.75. The van der Waals surface area contributed by atoms with E-state index in [-0.39, 0.29) is 11.8 Å². The maximum absolute atomic E-state index is 12.5. The van der Waals surface area contributed by atoms with Crippen molar-refractivity contribution in [2.75, 3.05) is 25.0 Å². The number of thiazole rings is 1. The summed E-state index contributed by atoms with van der Waals surface area (Å²) in [6, 6.07) is 8.48. The van der Waals surface area contributed by atoms with Gasteiger partial charge in [-0.25, -0.2) is 4.98 Å². The number of benzene rings is 1. The number of carbonyl (C=O) groups is 1. The van der Waals surface area contributed by atoms with Crippen molar-refractivity contribution in [3.05, 3.63) is 34.7 Å². The summed E-state index contributed by atoms with van der Waals surface area (Å²) in [5.74, 6) is 0.0909. The molecule has 0 saturated carbocycles. The molecule has 1 aliphatic heterocycles. The smallest absolute Gasteiger partial charge is 0.229 e. The third-order valence-electron chi connectivity index (χ3n) is 5.04. The van der Waals surface area contributed by atoms with E-state index < -0.39 is 0 Å². The maximum atomic E-state index is 12.5. The second-order valence-corrected chi connectivity index (χ2v) is 7.71. The van der Waals surface area contributed by atoms with Crippen molar-refractivity contribution >= 4 is 22.4 Å². The van der Waals surface area contributed by atoms with Crippen LogP contribution < -0.4 is 5.32 Å². The van der Waals surface area contributed by atoms with Crippen LogP contribution in [0.4, 0.5) is 5.13 Å². The molecule has 1 aliphatic rings. The number of aryl methyl sites for hydroxylation is 2. The molecular weight excluding hydrogens is 344 g/mol. The van der Waals surface area contributed by atoms with Crippen molar-refractivity contribution in [1.82, 2.24) is 9.88 Å². The summed E-state index contributed by atoms with van der Waals surface area (Å²) >= 11 is 1.47. The fourth-order valence-electron chi connectivity index (χ4n) is 3.20. The van der Waals surface area contributed by atoms with Gasteiger partial charge in [0.25, 0.3) is 0 Å². The number of likely N-dealkylation sites (tertiary alicyclic amines) is 1. The van der Waals surface area contributed by atoms with E-state index >= 15 is 0 Å². The minimum atomic E-state index is 0.0299. The Hall–Kier alpha value is -2.23. The van der Waals surface area contributed by atoms with Crippen LogP contribution in [-0.4, -0.2) is 35.4 Å². The third-order valence-corrected chi connectivity index (χ3v) is 5.79. The maximum Gasteiger partial charge on any atom is 0.229 e. The number of hydrogen-bond acceptors (Lipinski definition) is 5. The van der Waals surface area contributed by atoms with Crippen LogP contribution in [0.2, 0.25) is 0 Å². The first-order chi connectivity index (χ1) is 12.6. The van der Waals surface area contributed by atoms with Crippen LogP contribution in [0.25, 0.3) is 11.3 Å². The quantitative estimate of drug-likeness (QED) is 0.866. The van der Waals surface area contributed by atoms with Crippen LogP contribution in [0.5, 0.6) is 0 Å². The Morgan fingerprint density at radius 3 is 2.81 bits per heavy atom. The Morgan fingerprint density at radius 2 is 2.12 bits per heavy atom. The largest absolute Gasteiger partial charge is 0.302 e. The molecule has 0 bridgehead atoms. The van der Waals surface area contributed by atoms with E-state index in [1.807, 2.05) is 5.38 Å². The molecule has 2 aromatic rings. The van der Waals surface area contributed by atoms with Gasteiger partial charge >= 0.3 is 0 Å². The molecule has 0 atom stereocenters. The average molecular weight is 369 g/mol. The van der Waals surface area contributed by atoms with Gasteiger partial charge in [-0.15, -0.1) is 11.3 Å². The van der Waals surface area contributed by atoms with Crippen molar-refractivity contribution in [3.63, 3.8) is 0 Å². The van der Waals surface area contributed by atoms with E-state index in [2.05, 4.69) is 53.3 Å². The second-order valence-electron chi connectivity index (χ2n) is 6.85. The number of nitrogens with one attached hydrogen (secondary N) is 1. The summed E-state index contributed by atoms with van der Waals surface area (Å²) in [7, 11) is 0. The van der Waals surface area contributed by atoms with Crippen LogP contribution in [-0.2, 0) is 4.79 Å². The fraction of sp³-hybridized carbons (Fsp3) is 0.450. The molecule has 5 nitrogen and oxygen atoms in total. The molecule has 26 heavy (non-hydrogen) atoms. The van der Waals surface area contributed by atoms with E-state index in [0.717, 1.165) is 43.7 Å². The number of hydrogen-bond donors (Lipinski definition) is 1. The van der Waals surface area contributed by atoms with Crippen molar-refractivity contribution < 1.29 is 4.79 Å². The molecule has 1 aromatic carbocycles. The van der Waals surface area contributed by atoms with Gasteiger partial charge in [0.1, 0.15) is 0 Å². The van der Waals surface area contributed by atoms with Gasteiger partial charge in [-0.05, 0) is 57.0 Å². The number of amides is 1. The monoisotopic (exact) mass is 368 g/mol. The van der Waals surface area contributed by atoms with Crippen molar-refractivity contribution in [2.45, 2.75) is 33.1 Å².